The molecule has 0 aliphatic rings. The second-order valence-electron chi connectivity index (χ2n) is 5.71. The Morgan fingerprint density at radius 2 is 1.96 bits per heavy atom. The van der Waals surface area contributed by atoms with Crippen LogP contribution < -0.4 is 9.64 Å². The van der Waals surface area contributed by atoms with Crippen molar-refractivity contribution in [2.45, 2.75) is 5.16 Å². The average molecular weight is 381 g/mol. The van der Waals surface area contributed by atoms with Crippen LogP contribution in [-0.4, -0.2) is 41.6 Å². The molecule has 0 aliphatic heterocycles. The number of benzene rings is 2. The summed E-state index contributed by atoms with van der Waals surface area (Å²) in [7, 11) is 3.20. The number of hydrogen-bond donors (Lipinski definition) is 1. The van der Waals surface area contributed by atoms with E-state index in [-0.39, 0.29) is 17.4 Å². The molecule has 1 amide bonds. The van der Waals surface area contributed by atoms with Crippen LogP contribution in [0.15, 0.2) is 66.1 Å². The van der Waals surface area contributed by atoms with E-state index in [2.05, 4.69) is 9.97 Å². The van der Waals surface area contributed by atoms with E-state index in [0.717, 1.165) is 0 Å². The molecule has 0 saturated carbocycles. The van der Waals surface area contributed by atoms with Crippen molar-refractivity contribution in [1.29, 1.82) is 0 Å². The molecule has 6 nitrogen and oxygen atoms in total. The van der Waals surface area contributed by atoms with Crippen LogP contribution in [0.4, 0.5) is 5.69 Å². The molecule has 3 aromatic rings. The number of carbonyl (C=O) groups is 2. The van der Waals surface area contributed by atoms with E-state index in [1.165, 1.54) is 16.7 Å². The summed E-state index contributed by atoms with van der Waals surface area (Å²) >= 11 is 1.31. The summed E-state index contributed by atoms with van der Waals surface area (Å²) in [6.45, 7) is 0. The maximum atomic E-state index is 13.0. The first-order valence-electron chi connectivity index (χ1n) is 8.26. The van der Waals surface area contributed by atoms with Crippen LogP contribution in [0.2, 0.25) is 0 Å². The van der Waals surface area contributed by atoms with Gasteiger partial charge in [-0.15, -0.1) is 0 Å². The average Bonchev–Trinajstić information content (AvgIpc) is 3.24. The zero-order chi connectivity index (χ0) is 19.2. The molecule has 7 heteroatoms. The molecule has 0 radical (unpaired) electrons. The quantitative estimate of drug-likeness (QED) is 0.501. The summed E-state index contributed by atoms with van der Waals surface area (Å²) in [4.78, 5) is 34.2. The number of ketones is 1. The number of amides is 1. The number of nitrogens with zero attached hydrogens (tertiary/aromatic N) is 2. The van der Waals surface area contributed by atoms with E-state index in [1.54, 1.807) is 56.9 Å². The zero-order valence-electron chi connectivity index (χ0n) is 15.0. The first kappa shape index (κ1) is 18.7. The summed E-state index contributed by atoms with van der Waals surface area (Å²) in [5, 5.41) is 0.673. The van der Waals surface area contributed by atoms with E-state index in [1.807, 2.05) is 18.2 Å². The largest absolute Gasteiger partial charge is 0.497 e. The number of aromatic amines is 1. The number of thioether (sulfide) groups is 1. The highest BCUT2D eigenvalue weighted by Crippen LogP contribution is 2.28. The number of methoxy groups -OCH3 is 1. The van der Waals surface area contributed by atoms with Crippen LogP contribution >= 0.6 is 11.8 Å². The van der Waals surface area contributed by atoms with Crippen molar-refractivity contribution in [3.05, 3.63) is 72.1 Å². The highest BCUT2D eigenvalue weighted by Gasteiger charge is 2.21. The normalized spacial score (nSPS) is 10.4. The molecule has 27 heavy (non-hydrogen) atoms. The van der Waals surface area contributed by atoms with Crippen LogP contribution in [0.5, 0.6) is 5.75 Å². The molecule has 2 aromatic carbocycles. The maximum Gasteiger partial charge on any atom is 0.237 e. The molecule has 0 bridgehead atoms. The van der Waals surface area contributed by atoms with Crippen molar-refractivity contribution >= 4 is 29.1 Å². The van der Waals surface area contributed by atoms with E-state index >= 15 is 0 Å². The van der Waals surface area contributed by atoms with E-state index < -0.39 is 0 Å². The zero-order valence-corrected chi connectivity index (χ0v) is 15.8. The van der Waals surface area contributed by atoms with Crippen LogP contribution in [-0.2, 0) is 4.79 Å². The third kappa shape index (κ3) is 4.38. The Morgan fingerprint density at radius 1 is 1.19 bits per heavy atom. The minimum Gasteiger partial charge on any atom is -0.497 e. The molecule has 0 unspecified atom stereocenters. The first-order valence-corrected chi connectivity index (χ1v) is 9.25. The Labute approximate surface area is 161 Å². The second kappa shape index (κ2) is 8.55. The van der Waals surface area contributed by atoms with Gasteiger partial charge in [0.1, 0.15) is 5.75 Å². The van der Waals surface area contributed by atoms with Crippen molar-refractivity contribution in [2.75, 3.05) is 24.8 Å². The van der Waals surface area contributed by atoms with Gasteiger partial charge in [-0.1, -0.05) is 42.1 Å². The second-order valence-corrected chi connectivity index (χ2v) is 6.68. The van der Waals surface area contributed by atoms with Gasteiger partial charge in [0.15, 0.2) is 10.9 Å². The van der Waals surface area contributed by atoms with Crippen molar-refractivity contribution < 1.29 is 14.3 Å². The standard InChI is InChI=1S/C20H19N3O3S/c1-23(18(24)13-27-20-21-10-11-22-20)17-9-8-15(26-2)12-16(17)19(25)14-6-4-3-5-7-14/h3-12H,13H2,1-2H3,(H,21,22). The summed E-state index contributed by atoms with van der Waals surface area (Å²) in [5.41, 5.74) is 1.51. The summed E-state index contributed by atoms with van der Waals surface area (Å²) < 4.78 is 5.26. The lowest BCUT2D eigenvalue weighted by atomic mass is 10.0. The molecular formula is C20H19N3O3S. The lowest BCUT2D eigenvalue weighted by molar-refractivity contribution is -0.115. The fraction of sp³-hybridized carbons (Fsp3) is 0.150. The monoisotopic (exact) mass is 381 g/mol. The Morgan fingerprint density at radius 3 is 2.63 bits per heavy atom. The van der Waals surface area contributed by atoms with Gasteiger partial charge in [0.05, 0.1) is 18.6 Å². The third-order valence-corrected chi connectivity index (χ3v) is 4.91. The van der Waals surface area contributed by atoms with Gasteiger partial charge < -0.3 is 14.6 Å². The topological polar surface area (TPSA) is 75.3 Å². The van der Waals surface area contributed by atoms with E-state index in [4.69, 9.17) is 4.74 Å². The number of imidazole rings is 1. The van der Waals surface area contributed by atoms with Gasteiger partial charge in [-0.2, -0.15) is 0 Å². The first-order chi connectivity index (χ1) is 13.1. The summed E-state index contributed by atoms with van der Waals surface area (Å²) in [5.74, 6) is 0.463. The number of carbonyl (C=O) groups excluding carboxylic acids is 2. The van der Waals surface area contributed by atoms with Crippen LogP contribution in [0.25, 0.3) is 0 Å². The molecule has 0 spiro atoms. The summed E-state index contributed by atoms with van der Waals surface area (Å²) in [6, 6.07) is 14.1. The number of nitrogens with one attached hydrogen (secondary N) is 1. The predicted molar refractivity (Wildman–Crippen MR) is 106 cm³/mol. The van der Waals surface area contributed by atoms with E-state index in [9.17, 15) is 9.59 Å². The molecule has 138 valence electrons. The van der Waals surface area contributed by atoms with Crippen LogP contribution in [0, 0.1) is 0 Å². The lowest BCUT2D eigenvalue weighted by Gasteiger charge is -2.21. The number of anilines is 1. The molecule has 1 heterocycles. The van der Waals surface area contributed by atoms with Gasteiger partial charge in [0.2, 0.25) is 5.91 Å². The lowest BCUT2D eigenvalue weighted by Crippen LogP contribution is -2.29. The van der Waals surface area contributed by atoms with Gasteiger partial charge in [-0.25, -0.2) is 4.98 Å². The van der Waals surface area contributed by atoms with Crippen molar-refractivity contribution in [3.8, 4) is 5.75 Å². The van der Waals surface area contributed by atoms with Crippen molar-refractivity contribution in [1.82, 2.24) is 9.97 Å². The Balaban J connectivity index is 1.87. The smallest absolute Gasteiger partial charge is 0.237 e. The molecule has 1 aromatic heterocycles. The fourth-order valence-electron chi connectivity index (χ4n) is 2.55. The number of hydrogen-bond acceptors (Lipinski definition) is 5. The Bertz CT molecular complexity index is 927. The molecule has 1 N–H and O–H groups in total. The Hall–Kier alpha value is -3.06. The molecule has 0 aliphatic carbocycles. The minimum atomic E-state index is -0.164. The van der Waals surface area contributed by atoms with E-state index in [0.29, 0.717) is 27.7 Å². The predicted octanol–water partition coefficient (Wildman–Crippen LogP) is 3.40. The number of H-pyrrole nitrogens is 1. The van der Waals surface area contributed by atoms with Gasteiger partial charge in [-0.3, -0.25) is 9.59 Å². The van der Waals surface area contributed by atoms with Gasteiger partial charge >= 0.3 is 0 Å². The minimum absolute atomic E-state index is 0.135. The molecule has 3 rings (SSSR count). The van der Waals surface area contributed by atoms with Gasteiger partial charge in [0, 0.05) is 30.6 Å². The SMILES string of the molecule is COc1ccc(N(C)C(=O)CSc2ncc[nH]2)c(C(=O)c2ccccc2)c1. The Kier molecular flexibility index (Phi) is 5.93. The summed E-state index contributed by atoms with van der Waals surface area (Å²) in [6.07, 6.45) is 3.34. The van der Waals surface area contributed by atoms with Crippen LogP contribution in [0.1, 0.15) is 15.9 Å². The maximum absolute atomic E-state index is 13.0. The highest BCUT2D eigenvalue weighted by atomic mass is 32.2. The van der Waals surface area contributed by atoms with Crippen molar-refractivity contribution in [3.63, 3.8) is 0 Å². The number of ether oxygens (including phenoxy) is 1. The molecular weight excluding hydrogens is 362 g/mol. The highest BCUT2D eigenvalue weighted by molar-refractivity contribution is 7.99. The fourth-order valence-corrected chi connectivity index (χ4v) is 3.29. The van der Waals surface area contributed by atoms with Crippen LogP contribution in [0.3, 0.4) is 0 Å². The molecule has 0 atom stereocenters. The van der Waals surface area contributed by atoms with Gasteiger partial charge in [-0.05, 0) is 18.2 Å². The van der Waals surface area contributed by atoms with Gasteiger partial charge in [0.25, 0.3) is 0 Å². The number of rotatable bonds is 7. The molecule has 0 fully saturated rings. The third-order valence-electron chi connectivity index (χ3n) is 4.03. The van der Waals surface area contributed by atoms with Crippen molar-refractivity contribution in [2.24, 2.45) is 0 Å². The molecule has 0 saturated heterocycles. The number of aromatic nitrogens is 2.